The number of carbonyl (C=O) groups excluding carboxylic acids is 3. The number of nitrogens with zero attached hydrogens (tertiary/aromatic N) is 1. The van der Waals surface area contributed by atoms with Crippen LogP contribution in [0.25, 0.3) is 0 Å². The molecule has 130 valence electrons. The van der Waals surface area contributed by atoms with Gasteiger partial charge in [0, 0.05) is 25.2 Å². The number of anilines is 1. The third-order valence-corrected chi connectivity index (χ3v) is 3.95. The Morgan fingerprint density at radius 2 is 1.79 bits per heavy atom. The largest absolute Gasteiger partial charge is 0.466 e. The number of benzene rings is 1. The van der Waals surface area contributed by atoms with Crippen LogP contribution in [0, 0.1) is 5.92 Å². The van der Waals surface area contributed by atoms with E-state index >= 15 is 0 Å². The Balaban J connectivity index is 2.01. The van der Waals surface area contributed by atoms with Crippen LogP contribution in [0.5, 0.6) is 0 Å². The van der Waals surface area contributed by atoms with Crippen LogP contribution in [-0.2, 0) is 30.3 Å². The Bertz CT molecular complexity index is 596. The molecule has 0 aromatic heterocycles. The first-order valence-electron chi connectivity index (χ1n) is 8.24. The number of ether oxygens (including phenoxy) is 2. The molecule has 1 atom stereocenters. The number of Topliss-reactive ketones (excluding diaryl/α,β-unsaturated/α-hetero) is 1. The molecule has 24 heavy (non-hydrogen) atoms. The van der Waals surface area contributed by atoms with Gasteiger partial charge in [0.05, 0.1) is 19.6 Å². The maximum Gasteiger partial charge on any atom is 0.318 e. The Hall–Kier alpha value is -2.37. The van der Waals surface area contributed by atoms with Crippen LogP contribution in [0.1, 0.15) is 25.8 Å². The number of hydrogen-bond donors (Lipinski definition) is 0. The summed E-state index contributed by atoms with van der Waals surface area (Å²) in [4.78, 5) is 37.3. The summed E-state index contributed by atoms with van der Waals surface area (Å²) in [5.41, 5.74) is 1.79. The minimum atomic E-state index is -0.724. The lowest BCUT2D eigenvalue weighted by Crippen LogP contribution is -2.45. The monoisotopic (exact) mass is 333 g/mol. The number of carbonyl (C=O) groups is 3. The molecule has 0 amide bonds. The van der Waals surface area contributed by atoms with Crippen LogP contribution < -0.4 is 4.90 Å². The van der Waals surface area contributed by atoms with Crippen LogP contribution in [0.2, 0.25) is 0 Å². The predicted octanol–water partition coefficient (Wildman–Crippen LogP) is 1.75. The average molecular weight is 333 g/mol. The standard InChI is InChI=1S/C18H23NO5/c1-3-23-17(21)11-13-5-7-14(8-6-13)19-10-9-16(20)15(12-19)18(22)24-4-2/h5-8,15H,3-4,9-12H2,1-2H3. The fraction of sp³-hybridized carbons (Fsp3) is 0.500. The molecule has 2 rings (SSSR count). The fourth-order valence-electron chi connectivity index (χ4n) is 2.72. The minimum absolute atomic E-state index is 0.0661. The first-order chi connectivity index (χ1) is 11.5. The van der Waals surface area contributed by atoms with Crippen LogP contribution in [0.3, 0.4) is 0 Å². The molecule has 1 unspecified atom stereocenters. The van der Waals surface area contributed by atoms with Crippen molar-refractivity contribution in [1.29, 1.82) is 0 Å². The molecule has 1 aromatic rings. The summed E-state index contributed by atoms with van der Waals surface area (Å²) in [6.45, 7) is 5.05. The number of ketones is 1. The molecule has 0 aliphatic carbocycles. The highest BCUT2D eigenvalue weighted by atomic mass is 16.5. The molecular weight excluding hydrogens is 310 g/mol. The van der Waals surface area contributed by atoms with Crippen molar-refractivity contribution in [2.24, 2.45) is 5.92 Å². The molecule has 0 saturated carbocycles. The second-order valence-electron chi connectivity index (χ2n) is 5.62. The summed E-state index contributed by atoms with van der Waals surface area (Å²) in [5, 5.41) is 0. The van der Waals surface area contributed by atoms with E-state index in [4.69, 9.17) is 9.47 Å². The van der Waals surface area contributed by atoms with Gasteiger partial charge in [0.25, 0.3) is 0 Å². The van der Waals surface area contributed by atoms with Crippen LogP contribution in [0.4, 0.5) is 5.69 Å². The summed E-state index contributed by atoms with van der Waals surface area (Å²) >= 11 is 0. The summed E-state index contributed by atoms with van der Waals surface area (Å²) < 4.78 is 9.91. The summed E-state index contributed by atoms with van der Waals surface area (Å²) in [6.07, 6.45) is 0.562. The van der Waals surface area contributed by atoms with Crippen LogP contribution in [0.15, 0.2) is 24.3 Å². The van der Waals surface area contributed by atoms with Gasteiger partial charge in [-0.25, -0.2) is 0 Å². The molecule has 1 aliphatic rings. The zero-order valence-electron chi connectivity index (χ0n) is 14.1. The number of rotatable bonds is 6. The molecule has 1 heterocycles. The molecule has 6 heteroatoms. The van der Waals surface area contributed by atoms with Gasteiger partial charge in [-0.15, -0.1) is 0 Å². The molecule has 1 fully saturated rings. The minimum Gasteiger partial charge on any atom is -0.466 e. The van der Waals surface area contributed by atoms with Gasteiger partial charge in [-0.2, -0.15) is 0 Å². The van der Waals surface area contributed by atoms with Gasteiger partial charge in [-0.05, 0) is 31.5 Å². The van der Waals surface area contributed by atoms with Crippen LogP contribution >= 0.6 is 0 Å². The second kappa shape index (κ2) is 8.47. The first-order valence-corrected chi connectivity index (χ1v) is 8.24. The SMILES string of the molecule is CCOC(=O)Cc1ccc(N2CCC(=O)C(C(=O)OCC)C2)cc1. The average Bonchev–Trinajstić information content (AvgIpc) is 2.56. The van der Waals surface area contributed by atoms with E-state index in [2.05, 4.69) is 0 Å². The van der Waals surface area contributed by atoms with E-state index in [9.17, 15) is 14.4 Å². The number of hydrogen-bond acceptors (Lipinski definition) is 6. The quantitative estimate of drug-likeness (QED) is 0.583. The molecule has 1 aliphatic heterocycles. The van der Waals surface area contributed by atoms with Crippen molar-refractivity contribution >= 4 is 23.4 Å². The highest BCUT2D eigenvalue weighted by Gasteiger charge is 2.34. The molecule has 0 N–H and O–H groups in total. The van der Waals surface area contributed by atoms with E-state index in [0.29, 0.717) is 26.1 Å². The van der Waals surface area contributed by atoms with E-state index in [1.807, 2.05) is 29.2 Å². The lowest BCUT2D eigenvalue weighted by atomic mass is 9.96. The molecule has 1 saturated heterocycles. The van der Waals surface area contributed by atoms with E-state index < -0.39 is 11.9 Å². The Morgan fingerprint density at radius 3 is 2.42 bits per heavy atom. The third-order valence-electron chi connectivity index (χ3n) is 3.95. The first kappa shape index (κ1) is 18.0. The molecule has 0 spiro atoms. The highest BCUT2D eigenvalue weighted by molar-refractivity contribution is 6.00. The summed E-state index contributed by atoms with van der Waals surface area (Å²) in [6, 6.07) is 7.52. The fourth-order valence-corrected chi connectivity index (χ4v) is 2.72. The topological polar surface area (TPSA) is 72.9 Å². The normalized spacial score (nSPS) is 17.5. The van der Waals surface area contributed by atoms with Gasteiger partial charge in [0.1, 0.15) is 5.92 Å². The van der Waals surface area contributed by atoms with Crippen molar-refractivity contribution in [3.05, 3.63) is 29.8 Å². The zero-order valence-corrected chi connectivity index (χ0v) is 14.1. The van der Waals surface area contributed by atoms with Gasteiger partial charge < -0.3 is 14.4 Å². The Kier molecular flexibility index (Phi) is 6.35. The number of piperidine rings is 1. The zero-order chi connectivity index (χ0) is 17.5. The van der Waals surface area contributed by atoms with E-state index in [1.54, 1.807) is 13.8 Å². The van der Waals surface area contributed by atoms with Gasteiger partial charge in [-0.1, -0.05) is 12.1 Å². The molecule has 0 bridgehead atoms. The van der Waals surface area contributed by atoms with E-state index in [-0.39, 0.29) is 24.8 Å². The summed E-state index contributed by atoms with van der Waals surface area (Å²) in [5.74, 6) is -1.50. The maximum atomic E-state index is 11.9. The Labute approximate surface area is 141 Å². The molecular formula is C18H23NO5. The van der Waals surface area contributed by atoms with Crippen molar-refractivity contribution in [2.75, 3.05) is 31.2 Å². The Morgan fingerprint density at radius 1 is 1.12 bits per heavy atom. The van der Waals surface area contributed by atoms with Crippen molar-refractivity contribution in [1.82, 2.24) is 0 Å². The van der Waals surface area contributed by atoms with Crippen molar-refractivity contribution in [3.63, 3.8) is 0 Å². The lowest BCUT2D eigenvalue weighted by Gasteiger charge is -2.32. The summed E-state index contributed by atoms with van der Waals surface area (Å²) in [7, 11) is 0. The van der Waals surface area contributed by atoms with Gasteiger partial charge in [0.15, 0.2) is 5.78 Å². The van der Waals surface area contributed by atoms with Crippen LogP contribution in [-0.4, -0.2) is 44.0 Å². The molecule has 6 nitrogen and oxygen atoms in total. The lowest BCUT2D eigenvalue weighted by molar-refractivity contribution is -0.151. The van der Waals surface area contributed by atoms with Gasteiger partial charge >= 0.3 is 11.9 Å². The van der Waals surface area contributed by atoms with Gasteiger partial charge in [0.2, 0.25) is 0 Å². The second-order valence-corrected chi connectivity index (χ2v) is 5.62. The molecule has 0 radical (unpaired) electrons. The molecule has 1 aromatic carbocycles. The number of esters is 2. The van der Waals surface area contributed by atoms with E-state index in [0.717, 1.165) is 11.3 Å². The third kappa shape index (κ3) is 4.57. The van der Waals surface area contributed by atoms with E-state index in [1.165, 1.54) is 0 Å². The van der Waals surface area contributed by atoms with Crippen molar-refractivity contribution in [3.8, 4) is 0 Å². The smallest absolute Gasteiger partial charge is 0.318 e. The van der Waals surface area contributed by atoms with Crippen molar-refractivity contribution in [2.45, 2.75) is 26.7 Å². The highest BCUT2D eigenvalue weighted by Crippen LogP contribution is 2.23. The van der Waals surface area contributed by atoms with Gasteiger partial charge in [-0.3, -0.25) is 14.4 Å². The van der Waals surface area contributed by atoms with Crippen molar-refractivity contribution < 1.29 is 23.9 Å². The maximum absolute atomic E-state index is 11.9. The predicted molar refractivity (Wildman–Crippen MR) is 88.7 cm³/mol.